The van der Waals surface area contributed by atoms with E-state index in [0.29, 0.717) is 6.61 Å². The Morgan fingerprint density at radius 3 is 1.94 bits per heavy atom. The van der Waals surface area contributed by atoms with Gasteiger partial charge in [0, 0.05) is 0 Å². The SMILES string of the molecule is O=C(O)Cc1cccc(CCCCCCOC(=O)N(c2ccccc2)c2ccccc2)c1. The van der Waals surface area contributed by atoms with Crippen molar-refractivity contribution in [2.75, 3.05) is 11.5 Å². The zero-order valence-corrected chi connectivity index (χ0v) is 18.2. The minimum Gasteiger partial charge on any atom is -0.481 e. The second kappa shape index (κ2) is 12.3. The van der Waals surface area contributed by atoms with Crippen LogP contribution in [-0.2, 0) is 22.4 Å². The largest absolute Gasteiger partial charge is 0.481 e. The molecule has 3 aromatic carbocycles. The van der Waals surface area contributed by atoms with Crippen LogP contribution < -0.4 is 4.90 Å². The summed E-state index contributed by atoms with van der Waals surface area (Å²) >= 11 is 0. The lowest BCUT2D eigenvalue weighted by molar-refractivity contribution is -0.136. The minimum absolute atomic E-state index is 0.0577. The zero-order chi connectivity index (χ0) is 22.6. The number of benzene rings is 3. The van der Waals surface area contributed by atoms with Gasteiger partial charge in [0.25, 0.3) is 0 Å². The van der Waals surface area contributed by atoms with Gasteiger partial charge in [-0.05, 0) is 54.7 Å². The van der Waals surface area contributed by atoms with Crippen molar-refractivity contribution in [1.29, 1.82) is 0 Å². The molecular formula is C27H29NO4. The summed E-state index contributed by atoms with van der Waals surface area (Å²) in [5, 5.41) is 8.92. The van der Waals surface area contributed by atoms with Crippen molar-refractivity contribution >= 4 is 23.4 Å². The molecule has 0 aromatic heterocycles. The molecule has 0 atom stereocenters. The van der Waals surface area contributed by atoms with Gasteiger partial charge in [-0.25, -0.2) is 9.69 Å². The maximum atomic E-state index is 12.8. The van der Waals surface area contributed by atoms with Crippen LogP contribution in [0.5, 0.6) is 0 Å². The molecule has 32 heavy (non-hydrogen) atoms. The Balaban J connectivity index is 1.41. The van der Waals surface area contributed by atoms with E-state index in [-0.39, 0.29) is 12.5 Å². The van der Waals surface area contributed by atoms with Crippen molar-refractivity contribution in [3.8, 4) is 0 Å². The third kappa shape index (κ3) is 7.27. The summed E-state index contributed by atoms with van der Waals surface area (Å²) in [6.45, 7) is 0.378. The molecule has 0 saturated carbocycles. The first kappa shape index (κ1) is 23.1. The van der Waals surface area contributed by atoms with E-state index >= 15 is 0 Å². The lowest BCUT2D eigenvalue weighted by Gasteiger charge is -2.22. The van der Waals surface area contributed by atoms with Crippen molar-refractivity contribution in [1.82, 2.24) is 0 Å². The number of aliphatic carboxylic acids is 1. The van der Waals surface area contributed by atoms with Gasteiger partial charge in [-0.1, -0.05) is 73.5 Å². The highest BCUT2D eigenvalue weighted by molar-refractivity contribution is 5.95. The molecule has 0 radical (unpaired) electrons. The van der Waals surface area contributed by atoms with Crippen molar-refractivity contribution in [2.24, 2.45) is 0 Å². The maximum absolute atomic E-state index is 12.8. The van der Waals surface area contributed by atoms with Crippen molar-refractivity contribution in [3.05, 3.63) is 96.1 Å². The molecule has 1 N–H and O–H groups in total. The molecule has 0 aliphatic carbocycles. The van der Waals surface area contributed by atoms with E-state index in [4.69, 9.17) is 9.84 Å². The maximum Gasteiger partial charge on any atom is 0.418 e. The summed E-state index contributed by atoms with van der Waals surface area (Å²) in [5.41, 5.74) is 3.54. The molecule has 3 rings (SSSR count). The Kier molecular flexibility index (Phi) is 8.87. The average molecular weight is 432 g/mol. The lowest BCUT2D eigenvalue weighted by Crippen LogP contribution is -2.27. The first-order valence-electron chi connectivity index (χ1n) is 11.0. The molecule has 0 unspecified atom stereocenters. The topological polar surface area (TPSA) is 66.8 Å². The average Bonchev–Trinajstić information content (AvgIpc) is 2.80. The molecule has 0 fully saturated rings. The van der Waals surface area contributed by atoms with Gasteiger partial charge in [-0.15, -0.1) is 0 Å². The number of nitrogens with zero attached hydrogens (tertiary/aromatic N) is 1. The Hall–Kier alpha value is -3.60. The number of carbonyl (C=O) groups is 2. The van der Waals surface area contributed by atoms with Gasteiger partial charge in [-0.2, -0.15) is 0 Å². The van der Waals surface area contributed by atoms with Gasteiger partial charge in [-0.3, -0.25) is 4.79 Å². The molecule has 1 amide bonds. The van der Waals surface area contributed by atoms with E-state index in [9.17, 15) is 9.59 Å². The van der Waals surface area contributed by atoms with E-state index < -0.39 is 5.97 Å². The van der Waals surface area contributed by atoms with Gasteiger partial charge >= 0.3 is 12.1 Å². The number of carboxylic acid groups (broad SMARTS) is 1. The monoisotopic (exact) mass is 431 g/mol. The predicted octanol–water partition coefficient (Wildman–Crippen LogP) is 6.39. The Bertz CT molecular complexity index is 949. The molecule has 0 aliphatic heterocycles. The van der Waals surface area contributed by atoms with Crippen LogP contribution in [0, 0.1) is 0 Å². The lowest BCUT2D eigenvalue weighted by atomic mass is 10.0. The smallest absolute Gasteiger partial charge is 0.418 e. The summed E-state index contributed by atoms with van der Waals surface area (Å²) in [6, 6.07) is 26.8. The van der Waals surface area contributed by atoms with Crippen LogP contribution in [0.15, 0.2) is 84.9 Å². The number of hydrogen-bond acceptors (Lipinski definition) is 3. The van der Waals surface area contributed by atoms with Gasteiger partial charge in [0.15, 0.2) is 0 Å². The summed E-state index contributed by atoms with van der Waals surface area (Å²) in [4.78, 5) is 25.2. The number of para-hydroxylation sites is 2. The van der Waals surface area contributed by atoms with E-state index in [2.05, 4.69) is 0 Å². The normalized spacial score (nSPS) is 10.5. The van der Waals surface area contributed by atoms with E-state index in [1.165, 1.54) is 0 Å². The van der Waals surface area contributed by atoms with Crippen LogP contribution in [0.4, 0.5) is 16.2 Å². The fourth-order valence-corrected chi connectivity index (χ4v) is 3.59. The van der Waals surface area contributed by atoms with Gasteiger partial charge in [0.1, 0.15) is 0 Å². The third-order valence-electron chi connectivity index (χ3n) is 5.14. The van der Waals surface area contributed by atoms with Crippen LogP contribution >= 0.6 is 0 Å². The second-order valence-corrected chi connectivity index (χ2v) is 7.68. The quantitative estimate of drug-likeness (QED) is 0.357. The van der Waals surface area contributed by atoms with Crippen molar-refractivity contribution in [2.45, 2.75) is 38.5 Å². The molecule has 166 valence electrons. The molecule has 3 aromatic rings. The molecule has 0 saturated heterocycles. The van der Waals surface area contributed by atoms with Crippen LogP contribution in [0.1, 0.15) is 36.8 Å². The molecule has 5 nitrogen and oxygen atoms in total. The third-order valence-corrected chi connectivity index (χ3v) is 5.14. The van der Waals surface area contributed by atoms with E-state index in [1.54, 1.807) is 4.90 Å². The Morgan fingerprint density at radius 1 is 0.719 bits per heavy atom. The first-order chi connectivity index (χ1) is 15.6. The fraction of sp³-hybridized carbons (Fsp3) is 0.259. The highest BCUT2D eigenvalue weighted by atomic mass is 16.6. The molecule has 0 bridgehead atoms. The minimum atomic E-state index is -0.810. The number of carboxylic acids is 1. The van der Waals surface area contributed by atoms with Crippen molar-refractivity contribution in [3.63, 3.8) is 0 Å². The van der Waals surface area contributed by atoms with Crippen molar-refractivity contribution < 1.29 is 19.4 Å². The van der Waals surface area contributed by atoms with E-state index in [0.717, 1.165) is 54.6 Å². The zero-order valence-electron chi connectivity index (χ0n) is 18.2. The molecular weight excluding hydrogens is 402 g/mol. The van der Waals surface area contributed by atoms with Crippen LogP contribution in [0.2, 0.25) is 0 Å². The number of ether oxygens (including phenoxy) is 1. The number of carbonyl (C=O) groups excluding carboxylic acids is 1. The van der Waals surface area contributed by atoms with Crippen LogP contribution in [-0.4, -0.2) is 23.8 Å². The van der Waals surface area contributed by atoms with E-state index in [1.807, 2.05) is 84.9 Å². The number of aryl methyl sites for hydroxylation is 1. The second-order valence-electron chi connectivity index (χ2n) is 7.68. The van der Waals surface area contributed by atoms with Gasteiger partial charge in [0.2, 0.25) is 0 Å². The van der Waals surface area contributed by atoms with Crippen LogP contribution in [0.25, 0.3) is 0 Å². The summed E-state index contributed by atoms with van der Waals surface area (Å²) in [6.07, 6.45) is 4.43. The summed E-state index contributed by atoms with van der Waals surface area (Å²) < 4.78 is 5.56. The number of unbranched alkanes of at least 4 members (excludes halogenated alkanes) is 3. The first-order valence-corrected chi connectivity index (χ1v) is 11.0. The molecule has 5 heteroatoms. The van der Waals surface area contributed by atoms with Gasteiger partial charge in [0.05, 0.1) is 24.4 Å². The molecule has 0 spiro atoms. The number of amides is 1. The standard InChI is InChI=1S/C27H29NO4/c29-26(30)21-23-14-11-13-22(20-23)12-5-1-2-10-19-32-27(31)28(24-15-6-3-7-16-24)25-17-8-4-9-18-25/h3-4,6-9,11,13-18,20H,1-2,5,10,12,19,21H2,(H,29,30). The number of rotatable bonds is 11. The summed E-state index contributed by atoms with van der Waals surface area (Å²) in [5.74, 6) is -0.810. The van der Waals surface area contributed by atoms with Crippen LogP contribution in [0.3, 0.4) is 0 Å². The Morgan fingerprint density at radius 2 is 1.31 bits per heavy atom. The molecule has 0 heterocycles. The number of hydrogen-bond donors (Lipinski definition) is 1. The summed E-state index contributed by atoms with van der Waals surface area (Å²) in [7, 11) is 0. The fourth-order valence-electron chi connectivity index (χ4n) is 3.59. The Labute approximate surface area is 189 Å². The molecule has 0 aliphatic rings. The van der Waals surface area contributed by atoms with Gasteiger partial charge < -0.3 is 9.84 Å². The highest BCUT2D eigenvalue weighted by Crippen LogP contribution is 2.25. The predicted molar refractivity (Wildman–Crippen MR) is 126 cm³/mol. The number of anilines is 2. The highest BCUT2D eigenvalue weighted by Gasteiger charge is 2.18.